The Bertz CT molecular complexity index is 285. The SMILES string of the molecule is CC1CCC(O)(S(=O)(=O)O)CC1C. The van der Waals surface area contributed by atoms with E-state index in [1.54, 1.807) is 0 Å². The topological polar surface area (TPSA) is 74.6 Å². The summed E-state index contributed by atoms with van der Waals surface area (Å²) in [7, 11) is -4.33. The minimum Gasteiger partial charge on any atom is -0.372 e. The average molecular weight is 208 g/mol. The van der Waals surface area contributed by atoms with Crippen molar-refractivity contribution in [1.29, 1.82) is 0 Å². The van der Waals surface area contributed by atoms with Gasteiger partial charge in [-0.3, -0.25) is 4.55 Å². The van der Waals surface area contributed by atoms with Crippen molar-refractivity contribution in [3.8, 4) is 0 Å². The molecule has 3 atom stereocenters. The minimum atomic E-state index is -4.33. The third-order valence-corrected chi connectivity index (χ3v) is 4.41. The Labute approximate surface area is 78.7 Å². The molecule has 5 heteroatoms. The molecule has 1 saturated carbocycles. The predicted molar refractivity (Wildman–Crippen MR) is 48.7 cm³/mol. The molecule has 0 amide bonds. The van der Waals surface area contributed by atoms with E-state index in [-0.39, 0.29) is 18.8 Å². The summed E-state index contributed by atoms with van der Waals surface area (Å²) in [6, 6.07) is 0. The summed E-state index contributed by atoms with van der Waals surface area (Å²) in [5, 5.41) is 9.66. The number of hydrogen-bond acceptors (Lipinski definition) is 3. The van der Waals surface area contributed by atoms with Gasteiger partial charge in [0, 0.05) is 0 Å². The molecule has 3 unspecified atom stereocenters. The first-order valence-electron chi connectivity index (χ1n) is 4.46. The van der Waals surface area contributed by atoms with Gasteiger partial charge in [-0.05, 0) is 31.1 Å². The lowest BCUT2D eigenvalue weighted by Crippen LogP contribution is -2.44. The third kappa shape index (κ3) is 2.03. The number of hydrogen-bond donors (Lipinski definition) is 2. The average Bonchev–Trinajstić information content (AvgIpc) is 1.95. The first-order chi connectivity index (χ1) is 5.76. The monoisotopic (exact) mass is 208 g/mol. The van der Waals surface area contributed by atoms with Crippen molar-refractivity contribution >= 4 is 10.1 Å². The van der Waals surface area contributed by atoms with Crippen LogP contribution in [0.15, 0.2) is 0 Å². The highest BCUT2D eigenvalue weighted by molar-refractivity contribution is 7.87. The van der Waals surface area contributed by atoms with Crippen molar-refractivity contribution in [3.63, 3.8) is 0 Å². The molecule has 2 N–H and O–H groups in total. The van der Waals surface area contributed by atoms with Gasteiger partial charge in [0.1, 0.15) is 0 Å². The lowest BCUT2D eigenvalue weighted by Gasteiger charge is -2.36. The van der Waals surface area contributed by atoms with E-state index < -0.39 is 15.1 Å². The molecule has 1 aliphatic rings. The smallest absolute Gasteiger partial charge is 0.294 e. The summed E-state index contributed by atoms with van der Waals surface area (Å²) in [5.41, 5.74) is 0. The van der Waals surface area contributed by atoms with Gasteiger partial charge in [-0.2, -0.15) is 8.42 Å². The van der Waals surface area contributed by atoms with Crippen molar-refractivity contribution < 1.29 is 18.1 Å². The maximum atomic E-state index is 10.9. The van der Waals surface area contributed by atoms with Crippen LogP contribution in [0, 0.1) is 11.8 Å². The van der Waals surface area contributed by atoms with Crippen molar-refractivity contribution in [2.45, 2.75) is 38.0 Å². The molecular formula is C8H16O4S. The van der Waals surface area contributed by atoms with Gasteiger partial charge in [-0.1, -0.05) is 13.8 Å². The Kier molecular flexibility index (Phi) is 2.71. The first kappa shape index (κ1) is 10.9. The lowest BCUT2D eigenvalue weighted by atomic mass is 9.80. The maximum absolute atomic E-state index is 10.9. The maximum Gasteiger partial charge on any atom is 0.294 e. The molecule has 78 valence electrons. The van der Waals surface area contributed by atoms with Crippen LogP contribution in [0.5, 0.6) is 0 Å². The van der Waals surface area contributed by atoms with E-state index in [0.717, 1.165) is 0 Å². The molecule has 0 aromatic rings. The Hall–Kier alpha value is -0.130. The van der Waals surface area contributed by atoms with Gasteiger partial charge in [0.25, 0.3) is 10.1 Å². The fraction of sp³-hybridized carbons (Fsp3) is 1.00. The lowest BCUT2D eigenvalue weighted by molar-refractivity contribution is 0.0338. The molecule has 0 radical (unpaired) electrons. The van der Waals surface area contributed by atoms with E-state index in [9.17, 15) is 13.5 Å². The largest absolute Gasteiger partial charge is 0.372 e. The Morgan fingerprint density at radius 2 is 1.85 bits per heavy atom. The van der Waals surface area contributed by atoms with Gasteiger partial charge in [0.05, 0.1) is 0 Å². The van der Waals surface area contributed by atoms with Gasteiger partial charge in [0.2, 0.25) is 0 Å². The Morgan fingerprint density at radius 3 is 2.23 bits per heavy atom. The molecular weight excluding hydrogens is 192 g/mol. The van der Waals surface area contributed by atoms with E-state index in [2.05, 4.69) is 0 Å². The van der Waals surface area contributed by atoms with Crippen LogP contribution in [0.2, 0.25) is 0 Å². The highest BCUT2D eigenvalue weighted by Crippen LogP contribution is 2.38. The Morgan fingerprint density at radius 1 is 1.31 bits per heavy atom. The number of aliphatic hydroxyl groups is 1. The molecule has 1 rings (SSSR count). The van der Waals surface area contributed by atoms with E-state index >= 15 is 0 Å². The number of rotatable bonds is 1. The van der Waals surface area contributed by atoms with Crippen LogP contribution in [0.3, 0.4) is 0 Å². The van der Waals surface area contributed by atoms with Gasteiger partial charge in [-0.15, -0.1) is 0 Å². The quantitative estimate of drug-likeness (QED) is 0.631. The van der Waals surface area contributed by atoms with Crippen LogP contribution in [-0.4, -0.2) is 23.0 Å². The molecule has 0 bridgehead atoms. The summed E-state index contributed by atoms with van der Waals surface area (Å²) < 4.78 is 30.6. The summed E-state index contributed by atoms with van der Waals surface area (Å²) in [6.45, 7) is 3.91. The molecule has 0 spiro atoms. The molecule has 13 heavy (non-hydrogen) atoms. The zero-order valence-electron chi connectivity index (χ0n) is 7.90. The van der Waals surface area contributed by atoms with Crippen molar-refractivity contribution in [2.24, 2.45) is 11.8 Å². The van der Waals surface area contributed by atoms with Gasteiger partial charge in [0.15, 0.2) is 4.93 Å². The third-order valence-electron chi connectivity index (χ3n) is 3.08. The first-order valence-corrected chi connectivity index (χ1v) is 5.90. The molecule has 1 fully saturated rings. The van der Waals surface area contributed by atoms with Gasteiger partial charge in [-0.25, -0.2) is 0 Å². The van der Waals surface area contributed by atoms with Crippen LogP contribution < -0.4 is 0 Å². The molecule has 0 saturated heterocycles. The van der Waals surface area contributed by atoms with Crippen molar-refractivity contribution in [1.82, 2.24) is 0 Å². The van der Waals surface area contributed by atoms with Crippen LogP contribution >= 0.6 is 0 Å². The highest BCUT2D eigenvalue weighted by atomic mass is 32.2. The molecule has 0 aliphatic heterocycles. The zero-order valence-corrected chi connectivity index (χ0v) is 8.71. The molecule has 0 heterocycles. The van der Waals surface area contributed by atoms with Crippen LogP contribution in [0.25, 0.3) is 0 Å². The van der Waals surface area contributed by atoms with Crippen LogP contribution in [-0.2, 0) is 10.1 Å². The summed E-state index contributed by atoms with van der Waals surface area (Å²) in [4.78, 5) is -1.90. The predicted octanol–water partition coefficient (Wildman–Crippen LogP) is 1.02. The van der Waals surface area contributed by atoms with Crippen molar-refractivity contribution in [3.05, 3.63) is 0 Å². The van der Waals surface area contributed by atoms with Gasteiger partial charge >= 0.3 is 0 Å². The second-order valence-electron chi connectivity index (χ2n) is 4.12. The van der Waals surface area contributed by atoms with Gasteiger partial charge < -0.3 is 5.11 Å². The second-order valence-corrected chi connectivity index (χ2v) is 5.83. The standard InChI is InChI=1S/C8H16O4S/c1-6-3-4-8(9,5-7(6)2)13(10,11)12/h6-7,9H,3-5H2,1-2H3,(H,10,11,12). The minimum absolute atomic E-state index is 0.126. The zero-order chi connectivity index (χ0) is 10.3. The summed E-state index contributed by atoms with van der Waals surface area (Å²) >= 11 is 0. The molecule has 4 nitrogen and oxygen atoms in total. The van der Waals surface area contributed by atoms with Crippen LogP contribution in [0.4, 0.5) is 0 Å². The second kappa shape index (κ2) is 3.22. The fourth-order valence-corrected chi connectivity index (χ4v) is 2.63. The van der Waals surface area contributed by atoms with E-state index in [1.807, 2.05) is 13.8 Å². The van der Waals surface area contributed by atoms with E-state index in [1.165, 1.54) is 0 Å². The van der Waals surface area contributed by atoms with E-state index in [0.29, 0.717) is 12.3 Å². The fourth-order valence-electron chi connectivity index (χ4n) is 1.78. The molecule has 0 aromatic heterocycles. The highest BCUT2D eigenvalue weighted by Gasteiger charge is 2.45. The normalized spacial score (nSPS) is 41.8. The summed E-state index contributed by atoms with van der Waals surface area (Å²) in [6.07, 6.45) is 0.905. The summed E-state index contributed by atoms with van der Waals surface area (Å²) in [5.74, 6) is 0.530. The molecule has 0 aromatic carbocycles. The molecule has 1 aliphatic carbocycles. The van der Waals surface area contributed by atoms with Crippen molar-refractivity contribution in [2.75, 3.05) is 0 Å². The van der Waals surface area contributed by atoms with Crippen LogP contribution in [0.1, 0.15) is 33.1 Å². The van der Waals surface area contributed by atoms with E-state index in [4.69, 9.17) is 4.55 Å². The Balaban J connectivity index is 2.85.